The Kier molecular flexibility index (Phi) is 3.25. The van der Waals surface area contributed by atoms with Crippen molar-refractivity contribution >= 4 is 11.6 Å². The average Bonchev–Trinajstić information content (AvgIpc) is 2.72. The van der Waals surface area contributed by atoms with Gasteiger partial charge >= 0.3 is 0 Å². The van der Waals surface area contributed by atoms with Crippen LogP contribution in [0.25, 0.3) is 0 Å². The fraction of sp³-hybridized carbons (Fsp3) is 0.462. The van der Waals surface area contributed by atoms with E-state index in [0.717, 1.165) is 18.7 Å². The van der Waals surface area contributed by atoms with Crippen molar-refractivity contribution in [3.05, 3.63) is 29.8 Å². The van der Waals surface area contributed by atoms with Gasteiger partial charge in [-0.15, -0.1) is 0 Å². The summed E-state index contributed by atoms with van der Waals surface area (Å²) in [6, 6.07) is 8.12. The van der Waals surface area contributed by atoms with Gasteiger partial charge in [0.15, 0.2) is 0 Å². The van der Waals surface area contributed by atoms with Gasteiger partial charge < -0.3 is 10.6 Å². The first-order chi connectivity index (χ1) is 7.72. The Morgan fingerprint density at radius 1 is 1.50 bits per heavy atom. The van der Waals surface area contributed by atoms with E-state index in [1.165, 1.54) is 5.56 Å². The molecule has 0 fully saturated rings. The number of hydrogen-bond acceptors (Lipinski definition) is 2. The van der Waals surface area contributed by atoms with Gasteiger partial charge in [-0.05, 0) is 30.5 Å². The van der Waals surface area contributed by atoms with Crippen LogP contribution < -0.4 is 10.6 Å². The normalized spacial score (nSPS) is 16.0. The summed E-state index contributed by atoms with van der Waals surface area (Å²) >= 11 is 0. The van der Waals surface area contributed by atoms with Crippen molar-refractivity contribution in [3.8, 4) is 0 Å². The summed E-state index contributed by atoms with van der Waals surface area (Å²) < 4.78 is 0. The van der Waals surface area contributed by atoms with Crippen LogP contribution in [0.2, 0.25) is 0 Å². The van der Waals surface area contributed by atoms with E-state index in [1.54, 1.807) is 0 Å². The van der Waals surface area contributed by atoms with Gasteiger partial charge in [-0.1, -0.05) is 25.1 Å². The van der Waals surface area contributed by atoms with Gasteiger partial charge in [-0.25, -0.2) is 0 Å². The summed E-state index contributed by atoms with van der Waals surface area (Å²) in [5, 5.41) is 0. The Morgan fingerprint density at radius 3 is 3.00 bits per heavy atom. The van der Waals surface area contributed by atoms with Crippen molar-refractivity contribution in [2.75, 3.05) is 18.0 Å². The predicted molar refractivity (Wildman–Crippen MR) is 65.3 cm³/mol. The molecule has 2 rings (SSSR count). The van der Waals surface area contributed by atoms with Gasteiger partial charge in [0, 0.05) is 18.7 Å². The van der Waals surface area contributed by atoms with Crippen LogP contribution in [0, 0.1) is 5.92 Å². The summed E-state index contributed by atoms with van der Waals surface area (Å²) in [5.41, 5.74) is 7.90. The molecule has 86 valence electrons. The molecule has 0 saturated carbocycles. The first-order valence-electron chi connectivity index (χ1n) is 5.80. The number of carbonyl (C=O) groups is 1. The van der Waals surface area contributed by atoms with Crippen LogP contribution >= 0.6 is 0 Å². The molecule has 1 aromatic rings. The molecule has 3 nitrogen and oxygen atoms in total. The first-order valence-corrected chi connectivity index (χ1v) is 5.80. The Morgan fingerprint density at radius 2 is 2.25 bits per heavy atom. The number of para-hydroxylation sites is 1. The topological polar surface area (TPSA) is 46.3 Å². The number of nitrogens with two attached hydrogens (primary N) is 1. The molecule has 0 aromatic heterocycles. The van der Waals surface area contributed by atoms with Crippen molar-refractivity contribution in [2.45, 2.75) is 19.8 Å². The number of anilines is 1. The van der Waals surface area contributed by atoms with Gasteiger partial charge in [0.05, 0.1) is 0 Å². The molecule has 1 aromatic carbocycles. The highest BCUT2D eigenvalue weighted by Crippen LogP contribution is 2.28. The third kappa shape index (κ3) is 2.09. The average molecular weight is 218 g/mol. The SMILES string of the molecule is CC(CN)CC(=O)N1CCc2ccccc21. The number of benzene rings is 1. The Hall–Kier alpha value is -1.35. The second-order valence-electron chi connectivity index (χ2n) is 4.47. The highest BCUT2D eigenvalue weighted by molar-refractivity contribution is 5.95. The molecule has 1 unspecified atom stereocenters. The number of amides is 1. The zero-order valence-electron chi connectivity index (χ0n) is 9.65. The molecular formula is C13H18N2O. The fourth-order valence-electron chi connectivity index (χ4n) is 2.09. The van der Waals surface area contributed by atoms with E-state index in [1.807, 2.05) is 30.0 Å². The number of rotatable bonds is 3. The summed E-state index contributed by atoms with van der Waals surface area (Å²) in [6.07, 6.45) is 1.52. The number of fused-ring (bicyclic) bond motifs is 1. The van der Waals surface area contributed by atoms with E-state index in [-0.39, 0.29) is 11.8 Å². The fourth-order valence-corrected chi connectivity index (χ4v) is 2.09. The van der Waals surface area contributed by atoms with Gasteiger partial charge in [0.1, 0.15) is 0 Å². The van der Waals surface area contributed by atoms with E-state index < -0.39 is 0 Å². The van der Waals surface area contributed by atoms with Crippen molar-refractivity contribution in [1.29, 1.82) is 0 Å². The zero-order valence-corrected chi connectivity index (χ0v) is 9.65. The lowest BCUT2D eigenvalue weighted by atomic mass is 10.1. The van der Waals surface area contributed by atoms with Gasteiger partial charge in [0.2, 0.25) is 5.91 Å². The molecule has 1 atom stereocenters. The van der Waals surface area contributed by atoms with Crippen molar-refractivity contribution < 1.29 is 4.79 Å². The van der Waals surface area contributed by atoms with Crippen LogP contribution in [0.5, 0.6) is 0 Å². The minimum absolute atomic E-state index is 0.197. The molecule has 0 spiro atoms. The lowest BCUT2D eigenvalue weighted by Crippen LogP contribution is -2.31. The van der Waals surface area contributed by atoms with Crippen molar-refractivity contribution in [3.63, 3.8) is 0 Å². The molecule has 3 heteroatoms. The molecule has 0 radical (unpaired) electrons. The molecule has 1 aliphatic heterocycles. The molecule has 0 aliphatic carbocycles. The monoisotopic (exact) mass is 218 g/mol. The van der Waals surface area contributed by atoms with E-state index >= 15 is 0 Å². The van der Waals surface area contributed by atoms with E-state index in [2.05, 4.69) is 6.07 Å². The number of hydrogen-bond donors (Lipinski definition) is 1. The van der Waals surface area contributed by atoms with Gasteiger partial charge in [-0.3, -0.25) is 4.79 Å². The molecule has 1 aliphatic rings. The van der Waals surface area contributed by atoms with E-state index in [4.69, 9.17) is 5.73 Å². The Balaban J connectivity index is 2.10. The lowest BCUT2D eigenvalue weighted by Gasteiger charge is -2.19. The quantitative estimate of drug-likeness (QED) is 0.837. The first kappa shape index (κ1) is 11.1. The number of carbonyl (C=O) groups excluding carboxylic acids is 1. The molecule has 1 amide bonds. The Bertz CT molecular complexity index is 389. The maximum atomic E-state index is 12.0. The summed E-state index contributed by atoms with van der Waals surface area (Å²) in [5.74, 6) is 0.461. The molecule has 1 heterocycles. The highest BCUT2D eigenvalue weighted by Gasteiger charge is 2.24. The maximum Gasteiger partial charge on any atom is 0.227 e. The van der Waals surface area contributed by atoms with Gasteiger partial charge in [0.25, 0.3) is 0 Å². The van der Waals surface area contributed by atoms with Crippen molar-refractivity contribution in [1.82, 2.24) is 0 Å². The lowest BCUT2D eigenvalue weighted by molar-refractivity contribution is -0.119. The van der Waals surface area contributed by atoms with Crippen LogP contribution in [0.4, 0.5) is 5.69 Å². The minimum Gasteiger partial charge on any atom is -0.330 e. The van der Waals surface area contributed by atoms with E-state index in [9.17, 15) is 4.79 Å². The predicted octanol–water partition coefficient (Wildman–Crippen LogP) is 1.56. The number of nitrogens with zero attached hydrogens (tertiary/aromatic N) is 1. The third-order valence-corrected chi connectivity index (χ3v) is 3.11. The standard InChI is InChI=1S/C13H18N2O/c1-10(9-14)8-13(16)15-7-6-11-4-2-3-5-12(11)15/h2-5,10H,6-9,14H2,1H3. The Labute approximate surface area is 96.2 Å². The highest BCUT2D eigenvalue weighted by atomic mass is 16.2. The van der Waals surface area contributed by atoms with Crippen LogP contribution in [0.15, 0.2) is 24.3 Å². The van der Waals surface area contributed by atoms with Crippen molar-refractivity contribution in [2.24, 2.45) is 11.7 Å². The minimum atomic E-state index is 0.197. The molecule has 0 saturated heterocycles. The summed E-state index contributed by atoms with van der Waals surface area (Å²) in [6.45, 7) is 3.40. The van der Waals surface area contributed by atoms with Crippen LogP contribution in [-0.4, -0.2) is 19.0 Å². The summed E-state index contributed by atoms with van der Waals surface area (Å²) in [4.78, 5) is 13.9. The molecule has 0 bridgehead atoms. The van der Waals surface area contributed by atoms with Crippen LogP contribution in [-0.2, 0) is 11.2 Å². The van der Waals surface area contributed by atoms with Gasteiger partial charge in [-0.2, -0.15) is 0 Å². The second kappa shape index (κ2) is 4.66. The second-order valence-corrected chi connectivity index (χ2v) is 4.47. The zero-order chi connectivity index (χ0) is 11.5. The van der Waals surface area contributed by atoms with Crippen LogP contribution in [0.3, 0.4) is 0 Å². The molecule has 2 N–H and O–H groups in total. The third-order valence-electron chi connectivity index (χ3n) is 3.11. The maximum absolute atomic E-state index is 12.0. The van der Waals surface area contributed by atoms with E-state index in [0.29, 0.717) is 13.0 Å². The van der Waals surface area contributed by atoms with Crippen LogP contribution in [0.1, 0.15) is 18.9 Å². The molecule has 16 heavy (non-hydrogen) atoms. The smallest absolute Gasteiger partial charge is 0.227 e. The summed E-state index contributed by atoms with van der Waals surface area (Å²) in [7, 11) is 0. The molecular weight excluding hydrogens is 200 g/mol. The largest absolute Gasteiger partial charge is 0.330 e.